The predicted molar refractivity (Wildman–Crippen MR) is 110 cm³/mol. The highest BCUT2D eigenvalue weighted by molar-refractivity contribution is 5.97. The minimum absolute atomic E-state index is 0.140. The van der Waals surface area contributed by atoms with Crippen LogP contribution in [0.3, 0.4) is 0 Å². The van der Waals surface area contributed by atoms with Gasteiger partial charge in [-0.1, -0.05) is 66.7 Å². The third-order valence-corrected chi connectivity index (χ3v) is 5.33. The first-order valence-corrected chi connectivity index (χ1v) is 9.43. The Balaban J connectivity index is 1.63. The molecule has 1 atom stereocenters. The minimum atomic E-state index is -1.08. The number of para-hydroxylation sites is 1. The van der Waals surface area contributed by atoms with Crippen molar-refractivity contribution in [2.75, 3.05) is 7.11 Å². The van der Waals surface area contributed by atoms with Gasteiger partial charge in [0.25, 0.3) is 0 Å². The van der Waals surface area contributed by atoms with Crippen LogP contribution in [0.4, 0.5) is 0 Å². The summed E-state index contributed by atoms with van der Waals surface area (Å²) in [6, 6.07) is 21.7. The highest BCUT2D eigenvalue weighted by atomic mass is 16.5. The van der Waals surface area contributed by atoms with Crippen molar-refractivity contribution in [1.29, 1.82) is 0 Å². The zero-order chi connectivity index (χ0) is 20.4. The van der Waals surface area contributed by atoms with Crippen molar-refractivity contribution in [3.8, 4) is 16.9 Å². The maximum Gasteiger partial charge on any atom is 0.326 e. The summed E-state index contributed by atoms with van der Waals surface area (Å²) in [5.41, 5.74) is 4.55. The number of ether oxygens (including phenoxy) is 1. The van der Waals surface area contributed by atoms with E-state index in [1.807, 2.05) is 60.7 Å². The fraction of sp³-hybridized carbons (Fsp3) is 0.167. The van der Waals surface area contributed by atoms with Crippen LogP contribution in [0.25, 0.3) is 11.1 Å². The Kier molecular flexibility index (Phi) is 5.04. The van der Waals surface area contributed by atoms with E-state index < -0.39 is 17.9 Å². The van der Waals surface area contributed by atoms with Crippen molar-refractivity contribution >= 4 is 11.9 Å². The normalized spacial score (nSPS) is 13.3. The molecule has 0 aliphatic heterocycles. The van der Waals surface area contributed by atoms with Gasteiger partial charge in [0.2, 0.25) is 5.91 Å². The van der Waals surface area contributed by atoms with Crippen LogP contribution in [0.15, 0.2) is 72.8 Å². The molecule has 3 aromatic carbocycles. The van der Waals surface area contributed by atoms with E-state index >= 15 is 0 Å². The average molecular weight is 387 g/mol. The topological polar surface area (TPSA) is 75.6 Å². The van der Waals surface area contributed by atoms with Crippen LogP contribution in [0.5, 0.6) is 5.75 Å². The quantitative estimate of drug-likeness (QED) is 0.677. The molecule has 0 fully saturated rings. The highest BCUT2D eigenvalue weighted by Gasteiger charge is 2.35. The second kappa shape index (κ2) is 7.80. The maximum absolute atomic E-state index is 13.2. The highest BCUT2D eigenvalue weighted by Crippen LogP contribution is 2.44. The van der Waals surface area contributed by atoms with Crippen LogP contribution in [0, 0.1) is 0 Å². The van der Waals surface area contributed by atoms with E-state index in [0.29, 0.717) is 5.75 Å². The third kappa shape index (κ3) is 3.47. The van der Waals surface area contributed by atoms with Crippen molar-refractivity contribution in [2.24, 2.45) is 0 Å². The molecule has 146 valence electrons. The average Bonchev–Trinajstić information content (AvgIpc) is 3.08. The molecule has 5 heteroatoms. The summed E-state index contributed by atoms with van der Waals surface area (Å²) in [5.74, 6) is -1.32. The smallest absolute Gasteiger partial charge is 0.326 e. The van der Waals surface area contributed by atoms with Gasteiger partial charge >= 0.3 is 5.97 Å². The summed E-state index contributed by atoms with van der Waals surface area (Å²) in [4.78, 5) is 25.1. The Morgan fingerprint density at radius 2 is 1.48 bits per heavy atom. The van der Waals surface area contributed by atoms with E-state index in [0.717, 1.165) is 27.8 Å². The van der Waals surface area contributed by atoms with Gasteiger partial charge in [-0.2, -0.15) is 0 Å². The molecule has 2 N–H and O–H groups in total. The first-order valence-electron chi connectivity index (χ1n) is 9.43. The van der Waals surface area contributed by atoms with Gasteiger partial charge in [0, 0.05) is 6.42 Å². The first kappa shape index (κ1) is 18.7. The molecule has 1 aliphatic carbocycles. The van der Waals surface area contributed by atoms with Crippen LogP contribution < -0.4 is 10.1 Å². The van der Waals surface area contributed by atoms with Gasteiger partial charge in [-0.05, 0) is 33.9 Å². The van der Waals surface area contributed by atoms with Gasteiger partial charge in [0.15, 0.2) is 0 Å². The third-order valence-electron chi connectivity index (χ3n) is 5.33. The number of carboxylic acid groups (broad SMARTS) is 1. The Bertz CT molecular complexity index is 1030. The summed E-state index contributed by atoms with van der Waals surface area (Å²) in [7, 11) is 1.54. The Labute approximate surface area is 169 Å². The monoisotopic (exact) mass is 387 g/mol. The molecule has 3 aromatic rings. The molecule has 0 bridgehead atoms. The molecule has 0 saturated heterocycles. The summed E-state index contributed by atoms with van der Waals surface area (Å²) < 4.78 is 5.32. The lowest BCUT2D eigenvalue weighted by molar-refractivity contribution is -0.141. The Hall–Kier alpha value is -3.60. The number of hydrogen-bond acceptors (Lipinski definition) is 3. The zero-order valence-corrected chi connectivity index (χ0v) is 16.0. The number of nitrogens with one attached hydrogen (secondary N) is 1. The van der Waals surface area contributed by atoms with Crippen molar-refractivity contribution in [3.05, 3.63) is 89.5 Å². The van der Waals surface area contributed by atoms with E-state index in [-0.39, 0.29) is 12.3 Å². The fourth-order valence-corrected chi connectivity index (χ4v) is 3.98. The number of carbonyl (C=O) groups is 2. The maximum atomic E-state index is 13.2. The Morgan fingerprint density at radius 1 is 0.931 bits per heavy atom. The lowest BCUT2D eigenvalue weighted by Crippen LogP contribution is -2.44. The summed E-state index contributed by atoms with van der Waals surface area (Å²) in [6.07, 6.45) is 0.140. The van der Waals surface area contributed by atoms with Gasteiger partial charge in [-0.3, -0.25) is 4.79 Å². The molecule has 1 amide bonds. The molecule has 0 aromatic heterocycles. The second-order valence-corrected chi connectivity index (χ2v) is 7.02. The van der Waals surface area contributed by atoms with E-state index in [4.69, 9.17) is 4.74 Å². The molecular formula is C24H21NO4. The number of hydrogen-bond donors (Lipinski definition) is 2. The van der Waals surface area contributed by atoms with Crippen LogP contribution in [0.1, 0.15) is 22.6 Å². The molecule has 29 heavy (non-hydrogen) atoms. The molecular weight excluding hydrogens is 366 g/mol. The predicted octanol–water partition coefficient (Wildman–Crippen LogP) is 3.62. The van der Waals surface area contributed by atoms with Gasteiger partial charge in [0.1, 0.15) is 11.8 Å². The molecule has 0 radical (unpaired) electrons. The van der Waals surface area contributed by atoms with E-state index in [9.17, 15) is 14.7 Å². The summed E-state index contributed by atoms with van der Waals surface area (Å²) in [5, 5.41) is 12.5. The van der Waals surface area contributed by atoms with Gasteiger partial charge in [0.05, 0.1) is 13.0 Å². The Morgan fingerprint density at radius 3 is 2.07 bits per heavy atom. The second-order valence-electron chi connectivity index (χ2n) is 7.02. The van der Waals surface area contributed by atoms with Crippen molar-refractivity contribution in [3.63, 3.8) is 0 Å². The summed E-state index contributed by atoms with van der Waals surface area (Å²) >= 11 is 0. The van der Waals surface area contributed by atoms with Crippen LogP contribution in [0.2, 0.25) is 0 Å². The van der Waals surface area contributed by atoms with Gasteiger partial charge < -0.3 is 15.2 Å². The van der Waals surface area contributed by atoms with Crippen molar-refractivity contribution < 1.29 is 19.4 Å². The fourth-order valence-electron chi connectivity index (χ4n) is 3.98. The number of carbonyl (C=O) groups excluding carboxylic acids is 1. The number of carboxylic acids is 1. The number of amides is 1. The molecule has 4 rings (SSSR count). The first-order chi connectivity index (χ1) is 14.1. The molecule has 0 heterocycles. The van der Waals surface area contributed by atoms with Crippen molar-refractivity contribution in [1.82, 2.24) is 5.32 Å². The van der Waals surface area contributed by atoms with Crippen molar-refractivity contribution in [2.45, 2.75) is 18.4 Å². The number of benzene rings is 3. The van der Waals surface area contributed by atoms with Gasteiger partial charge in [-0.25, -0.2) is 4.79 Å². The number of rotatable bonds is 6. The van der Waals surface area contributed by atoms with Gasteiger partial charge in [-0.15, -0.1) is 0 Å². The molecule has 0 spiro atoms. The number of fused-ring (bicyclic) bond motifs is 3. The number of aliphatic carboxylic acids is 1. The minimum Gasteiger partial charge on any atom is -0.496 e. The SMILES string of the molecule is COc1ccccc1C[C@H](NC(=O)C1c2ccccc2-c2ccccc21)C(=O)O. The van der Waals surface area contributed by atoms with E-state index in [1.165, 1.54) is 0 Å². The van der Waals surface area contributed by atoms with E-state index in [1.54, 1.807) is 19.2 Å². The molecule has 1 aliphatic rings. The summed E-state index contributed by atoms with van der Waals surface area (Å²) in [6.45, 7) is 0. The number of methoxy groups -OCH3 is 1. The lowest BCUT2D eigenvalue weighted by Gasteiger charge is -2.20. The molecule has 5 nitrogen and oxygen atoms in total. The standard InChI is InChI=1S/C24H21NO4/c1-29-21-13-7-2-8-15(21)14-20(24(27)28)25-23(26)22-18-11-5-3-9-16(18)17-10-4-6-12-19(17)22/h2-13,20,22H,14H2,1H3,(H,25,26)(H,27,28)/t20-/m0/s1. The van der Waals surface area contributed by atoms with E-state index in [2.05, 4.69) is 5.32 Å². The molecule has 0 saturated carbocycles. The molecule has 0 unspecified atom stereocenters. The van der Waals surface area contributed by atoms with Crippen LogP contribution >= 0.6 is 0 Å². The zero-order valence-electron chi connectivity index (χ0n) is 16.0. The van der Waals surface area contributed by atoms with Crippen LogP contribution in [-0.4, -0.2) is 30.1 Å². The lowest BCUT2D eigenvalue weighted by atomic mass is 9.95. The van der Waals surface area contributed by atoms with Crippen LogP contribution in [-0.2, 0) is 16.0 Å². The largest absolute Gasteiger partial charge is 0.496 e.